The molecule has 0 bridgehead atoms. The molecule has 0 spiro atoms. The van der Waals surface area contributed by atoms with Crippen molar-refractivity contribution in [1.82, 2.24) is 4.72 Å². The molecule has 2 rings (SSSR count). The van der Waals surface area contributed by atoms with Gasteiger partial charge in [0.25, 0.3) is 5.69 Å². The maximum absolute atomic E-state index is 14.9. The van der Waals surface area contributed by atoms with Gasteiger partial charge in [-0.2, -0.15) is 14.0 Å². The molecule has 0 saturated heterocycles. The van der Waals surface area contributed by atoms with Gasteiger partial charge < -0.3 is 14.6 Å². The van der Waals surface area contributed by atoms with Crippen molar-refractivity contribution >= 4 is 50.3 Å². The maximum Gasteiger partial charge on any atom is 0.387 e. The summed E-state index contributed by atoms with van der Waals surface area (Å²) in [5, 5.41) is 23.4. The number of nitrogens with one attached hydrogen (secondary N) is 2. The summed E-state index contributed by atoms with van der Waals surface area (Å²) < 4.78 is 60.4. The lowest BCUT2D eigenvalue weighted by atomic mass is 9.98. The number of nitrogens with zero attached hydrogens (tertiary/aromatic N) is 2. The molecule has 0 heterocycles. The molecule has 14 heteroatoms. The third-order valence-electron chi connectivity index (χ3n) is 4.60. The average molecular weight is 598 g/mol. The Kier molecular flexibility index (Phi) is 10.1. The van der Waals surface area contributed by atoms with Gasteiger partial charge in [-0.1, -0.05) is 33.6 Å². The summed E-state index contributed by atoms with van der Waals surface area (Å²) in [5.74, 6) is -1.46. The SMILES string of the molecule is CC(C)(C)[S@@+]([O-])NC(C#N)C[C@@H](Nc1c([N+](=O)[O-])ccc(Cl)c1F)c1c(Br)cccc1OC(F)F. The molecule has 2 aromatic rings. The number of halogens is 5. The van der Waals surface area contributed by atoms with E-state index in [1.54, 1.807) is 20.8 Å². The molecule has 0 aliphatic rings. The van der Waals surface area contributed by atoms with Crippen molar-refractivity contribution < 1.29 is 27.4 Å². The molecule has 2 N–H and O–H groups in total. The van der Waals surface area contributed by atoms with Crippen molar-refractivity contribution in [2.45, 2.75) is 50.6 Å². The highest BCUT2D eigenvalue weighted by Crippen LogP contribution is 2.41. The van der Waals surface area contributed by atoms with Gasteiger partial charge in [-0.05, 0) is 39.0 Å². The summed E-state index contributed by atoms with van der Waals surface area (Å²) in [6.07, 6.45) is -0.274. The Morgan fingerprint density at radius 1 is 1.31 bits per heavy atom. The zero-order valence-corrected chi connectivity index (χ0v) is 21.8. The predicted octanol–water partition coefficient (Wildman–Crippen LogP) is 6.24. The molecule has 3 atom stereocenters. The van der Waals surface area contributed by atoms with E-state index in [0.717, 1.165) is 12.1 Å². The van der Waals surface area contributed by atoms with Crippen molar-refractivity contribution in [1.29, 1.82) is 5.26 Å². The van der Waals surface area contributed by atoms with E-state index in [0.29, 0.717) is 0 Å². The number of rotatable bonds is 10. The van der Waals surface area contributed by atoms with Crippen molar-refractivity contribution in [3.63, 3.8) is 0 Å². The van der Waals surface area contributed by atoms with Crippen LogP contribution in [0.5, 0.6) is 5.75 Å². The van der Waals surface area contributed by atoms with Crippen molar-refractivity contribution in [3.8, 4) is 11.8 Å². The second kappa shape index (κ2) is 12.1. The van der Waals surface area contributed by atoms with Gasteiger partial charge >= 0.3 is 6.61 Å². The molecule has 0 amide bonds. The maximum atomic E-state index is 14.9. The van der Waals surface area contributed by atoms with Crippen LogP contribution in [0.1, 0.15) is 38.8 Å². The van der Waals surface area contributed by atoms with Crippen LogP contribution in [0.2, 0.25) is 5.02 Å². The third-order valence-corrected chi connectivity index (χ3v) is 7.19. The van der Waals surface area contributed by atoms with Gasteiger partial charge in [-0.25, -0.2) is 4.39 Å². The molecule has 0 aliphatic carbocycles. The van der Waals surface area contributed by atoms with Crippen LogP contribution in [0.25, 0.3) is 0 Å². The van der Waals surface area contributed by atoms with Gasteiger partial charge in [0.15, 0.2) is 11.5 Å². The zero-order valence-electron chi connectivity index (χ0n) is 18.7. The Morgan fingerprint density at radius 2 is 1.97 bits per heavy atom. The van der Waals surface area contributed by atoms with E-state index in [9.17, 15) is 33.1 Å². The van der Waals surface area contributed by atoms with E-state index < -0.39 is 61.9 Å². The average Bonchev–Trinajstić information content (AvgIpc) is 2.74. The van der Waals surface area contributed by atoms with Crippen LogP contribution >= 0.6 is 27.5 Å². The third kappa shape index (κ3) is 7.62. The lowest BCUT2D eigenvalue weighted by Crippen LogP contribution is -2.45. The molecule has 8 nitrogen and oxygen atoms in total. The van der Waals surface area contributed by atoms with E-state index in [-0.39, 0.29) is 22.2 Å². The molecular formula is C21H21BrClF3N4O4S. The topological polar surface area (TPSA) is 123 Å². The van der Waals surface area contributed by atoms with Crippen LogP contribution in [0.15, 0.2) is 34.8 Å². The van der Waals surface area contributed by atoms with E-state index in [1.807, 2.05) is 6.07 Å². The second-order valence-corrected chi connectivity index (χ2v) is 11.4. The van der Waals surface area contributed by atoms with Crippen LogP contribution in [0.4, 0.5) is 24.5 Å². The van der Waals surface area contributed by atoms with Crippen LogP contribution in [0, 0.1) is 27.3 Å². The van der Waals surface area contributed by atoms with Gasteiger partial charge in [0, 0.05) is 33.9 Å². The van der Waals surface area contributed by atoms with Gasteiger partial charge in [-0.3, -0.25) is 10.1 Å². The van der Waals surface area contributed by atoms with Gasteiger partial charge in [-0.15, -0.1) is 4.72 Å². The highest BCUT2D eigenvalue weighted by Gasteiger charge is 2.33. The first kappa shape index (κ1) is 29.0. The quantitative estimate of drug-likeness (QED) is 0.189. The monoisotopic (exact) mass is 596 g/mol. The fraction of sp³-hybridized carbons (Fsp3) is 0.381. The number of alkyl halides is 2. The van der Waals surface area contributed by atoms with E-state index in [4.69, 9.17) is 11.6 Å². The van der Waals surface area contributed by atoms with Crippen LogP contribution < -0.4 is 14.8 Å². The second-order valence-electron chi connectivity index (χ2n) is 8.16. The minimum atomic E-state index is -3.21. The fourth-order valence-corrected chi connectivity index (χ4v) is 4.52. The van der Waals surface area contributed by atoms with E-state index >= 15 is 0 Å². The number of ether oxygens (including phenoxy) is 1. The number of nitro groups is 1. The predicted molar refractivity (Wildman–Crippen MR) is 130 cm³/mol. The lowest BCUT2D eigenvalue weighted by molar-refractivity contribution is -0.384. The summed E-state index contributed by atoms with van der Waals surface area (Å²) in [6.45, 7) is 1.81. The van der Waals surface area contributed by atoms with Gasteiger partial charge in [0.05, 0.1) is 22.1 Å². The highest BCUT2D eigenvalue weighted by molar-refractivity contribution is 9.10. The molecule has 0 fully saturated rings. The summed E-state index contributed by atoms with van der Waals surface area (Å²) >= 11 is 7.38. The van der Waals surface area contributed by atoms with Crippen LogP contribution in [0.3, 0.4) is 0 Å². The molecule has 0 aromatic heterocycles. The first-order valence-electron chi connectivity index (χ1n) is 9.96. The Hall–Kier alpha value is -2.24. The number of benzene rings is 2. The minimum absolute atomic E-state index is 0.0325. The number of hydrogen-bond acceptors (Lipinski definition) is 7. The van der Waals surface area contributed by atoms with Crippen molar-refractivity contribution in [2.24, 2.45) is 0 Å². The zero-order chi connectivity index (χ0) is 26.5. The smallest absolute Gasteiger partial charge is 0.387 e. The summed E-state index contributed by atoms with van der Waals surface area (Å²) in [6, 6.07) is 5.71. The normalized spacial score (nSPS) is 14.2. The van der Waals surface area contributed by atoms with Gasteiger partial charge in [0.2, 0.25) is 0 Å². The molecule has 190 valence electrons. The number of nitriles is 1. The molecular weight excluding hydrogens is 577 g/mol. The van der Waals surface area contributed by atoms with Crippen molar-refractivity contribution in [2.75, 3.05) is 5.32 Å². The fourth-order valence-electron chi connectivity index (χ4n) is 2.98. The Morgan fingerprint density at radius 3 is 2.51 bits per heavy atom. The largest absolute Gasteiger partial charge is 0.598 e. The van der Waals surface area contributed by atoms with Crippen LogP contribution in [-0.2, 0) is 11.4 Å². The first-order chi connectivity index (χ1) is 16.3. The van der Waals surface area contributed by atoms with E-state index in [1.165, 1.54) is 18.2 Å². The lowest BCUT2D eigenvalue weighted by Gasteiger charge is -2.29. The standard InChI is InChI=1S/C21H21BrClF3N4O4S/c1-21(2,3)35(33)29-11(10-27)9-14(17-12(22)5-4-6-16(17)34-20(25)26)28-19-15(30(31)32)8-7-13(23)18(19)24/h4-8,11,14,20,28-29H,9H2,1-3H3/t11?,14-,35-/m1/s1. The number of hydrogen-bond donors (Lipinski definition) is 2. The van der Waals surface area contributed by atoms with Gasteiger partial charge in [0.1, 0.15) is 16.5 Å². The summed E-state index contributed by atoms with van der Waals surface area (Å²) in [4.78, 5) is 10.7. The molecule has 1 unspecified atom stereocenters. The molecule has 0 aliphatic heterocycles. The Bertz CT molecular complexity index is 1120. The highest BCUT2D eigenvalue weighted by atomic mass is 79.9. The summed E-state index contributed by atoms with van der Waals surface area (Å²) in [5.41, 5.74) is -1.25. The minimum Gasteiger partial charge on any atom is -0.598 e. The summed E-state index contributed by atoms with van der Waals surface area (Å²) in [7, 11) is 0. The van der Waals surface area contributed by atoms with Crippen molar-refractivity contribution in [3.05, 3.63) is 61.3 Å². The number of nitro benzene ring substituents is 1. The molecule has 2 aromatic carbocycles. The van der Waals surface area contributed by atoms with Crippen LogP contribution in [-0.4, -0.2) is 26.9 Å². The van der Waals surface area contributed by atoms with E-state index in [2.05, 4.69) is 30.7 Å². The number of anilines is 1. The Labute approximate surface area is 216 Å². The molecule has 0 radical (unpaired) electrons. The molecule has 35 heavy (non-hydrogen) atoms. The first-order valence-corrected chi connectivity index (χ1v) is 12.3. The Balaban J connectivity index is 2.63. The molecule has 0 saturated carbocycles.